The molecule has 1 unspecified atom stereocenters. The Labute approximate surface area is 110 Å². The number of rotatable bonds is 7. The van der Waals surface area contributed by atoms with Gasteiger partial charge in [0.1, 0.15) is 5.41 Å². The molecule has 98 valence electrons. The summed E-state index contributed by atoms with van der Waals surface area (Å²) in [6.07, 6.45) is 4.13. The van der Waals surface area contributed by atoms with Gasteiger partial charge in [0.15, 0.2) is 0 Å². The van der Waals surface area contributed by atoms with Gasteiger partial charge in [0.05, 0.1) is 6.07 Å². The van der Waals surface area contributed by atoms with Crippen molar-refractivity contribution in [3.63, 3.8) is 0 Å². The molecule has 0 bridgehead atoms. The van der Waals surface area contributed by atoms with Crippen molar-refractivity contribution in [2.75, 3.05) is 19.1 Å². The summed E-state index contributed by atoms with van der Waals surface area (Å²) in [6.45, 7) is 5.90. The quantitative estimate of drug-likeness (QED) is 0.703. The van der Waals surface area contributed by atoms with Crippen LogP contribution in [0, 0.1) is 16.7 Å². The van der Waals surface area contributed by atoms with E-state index in [1.54, 1.807) is 16.7 Å². The maximum absolute atomic E-state index is 12.4. The highest BCUT2D eigenvalue weighted by molar-refractivity contribution is 7.98. The second kappa shape index (κ2) is 7.60. The highest BCUT2D eigenvalue weighted by Crippen LogP contribution is 2.29. The topological polar surface area (TPSA) is 44.1 Å². The molecule has 1 atom stereocenters. The Hall–Kier alpha value is -0.690. The van der Waals surface area contributed by atoms with Crippen molar-refractivity contribution < 1.29 is 4.79 Å². The summed E-state index contributed by atoms with van der Waals surface area (Å²) in [5, 5.41) is 9.28. The van der Waals surface area contributed by atoms with Crippen LogP contribution in [0.4, 0.5) is 0 Å². The van der Waals surface area contributed by atoms with Gasteiger partial charge >= 0.3 is 0 Å². The normalized spacial score (nSPS) is 12.9. The predicted molar refractivity (Wildman–Crippen MR) is 73.9 cm³/mol. The molecule has 3 nitrogen and oxygen atoms in total. The Morgan fingerprint density at radius 2 is 1.94 bits per heavy atom. The van der Waals surface area contributed by atoms with Crippen LogP contribution in [-0.4, -0.2) is 35.9 Å². The largest absolute Gasteiger partial charge is 0.341 e. The van der Waals surface area contributed by atoms with Gasteiger partial charge in [-0.25, -0.2) is 0 Å². The number of carbonyl (C=O) groups excluding carboxylic acids is 1. The third-order valence-corrected chi connectivity index (χ3v) is 4.25. The fraction of sp³-hybridized carbons (Fsp3) is 0.846. The summed E-state index contributed by atoms with van der Waals surface area (Å²) in [5.41, 5.74) is -0.833. The van der Waals surface area contributed by atoms with Crippen LogP contribution in [0.15, 0.2) is 0 Å². The molecule has 0 N–H and O–H groups in total. The van der Waals surface area contributed by atoms with Crippen molar-refractivity contribution in [3.8, 4) is 6.07 Å². The zero-order valence-electron chi connectivity index (χ0n) is 11.6. The molecule has 0 rings (SSSR count). The third kappa shape index (κ3) is 3.64. The molecule has 4 heteroatoms. The molecule has 0 aliphatic heterocycles. The van der Waals surface area contributed by atoms with Crippen LogP contribution >= 0.6 is 11.8 Å². The maximum atomic E-state index is 12.4. The smallest absolute Gasteiger partial charge is 0.243 e. The van der Waals surface area contributed by atoms with Gasteiger partial charge in [-0.2, -0.15) is 17.0 Å². The molecule has 0 aliphatic rings. The number of nitriles is 1. The summed E-state index contributed by atoms with van der Waals surface area (Å²) in [5.74, 6) is 0.902. The molecule has 0 heterocycles. The number of amides is 1. The Bertz CT molecular complexity index is 282. The molecule has 0 radical (unpaired) electrons. The van der Waals surface area contributed by atoms with E-state index in [-0.39, 0.29) is 11.9 Å². The lowest BCUT2D eigenvalue weighted by atomic mass is 9.82. The molecule has 0 saturated carbocycles. The van der Waals surface area contributed by atoms with Crippen LogP contribution < -0.4 is 0 Å². The highest BCUT2D eigenvalue weighted by Gasteiger charge is 2.38. The van der Waals surface area contributed by atoms with Crippen molar-refractivity contribution in [2.24, 2.45) is 5.41 Å². The first kappa shape index (κ1) is 16.3. The number of carbonyl (C=O) groups is 1. The summed E-state index contributed by atoms with van der Waals surface area (Å²) in [6, 6.07) is 2.44. The molecule has 1 amide bonds. The zero-order chi connectivity index (χ0) is 13.5. The van der Waals surface area contributed by atoms with Crippen molar-refractivity contribution in [1.82, 2.24) is 4.90 Å². The van der Waals surface area contributed by atoms with Crippen LogP contribution in [0.5, 0.6) is 0 Å². The minimum absolute atomic E-state index is 0.0223. The highest BCUT2D eigenvalue weighted by atomic mass is 32.2. The summed E-state index contributed by atoms with van der Waals surface area (Å²) < 4.78 is 0. The summed E-state index contributed by atoms with van der Waals surface area (Å²) in [7, 11) is 1.82. The second-order valence-corrected chi connectivity index (χ2v) is 5.25. The van der Waals surface area contributed by atoms with Gasteiger partial charge in [0.25, 0.3) is 0 Å². The Morgan fingerprint density at radius 1 is 1.41 bits per heavy atom. The number of hydrogen-bond acceptors (Lipinski definition) is 3. The van der Waals surface area contributed by atoms with E-state index < -0.39 is 5.41 Å². The van der Waals surface area contributed by atoms with Crippen molar-refractivity contribution in [2.45, 2.75) is 46.1 Å². The van der Waals surface area contributed by atoms with Crippen LogP contribution in [-0.2, 0) is 4.79 Å². The van der Waals surface area contributed by atoms with E-state index in [4.69, 9.17) is 0 Å². The second-order valence-electron chi connectivity index (χ2n) is 4.33. The lowest BCUT2D eigenvalue weighted by Crippen LogP contribution is -2.46. The van der Waals surface area contributed by atoms with Gasteiger partial charge < -0.3 is 4.90 Å². The van der Waals surface area contributed by atoms with E-state index in [2.05, 4.69) is 13.0 Å². The lowest BCUT2D eigenvalue weighted by molar-refractivity contribution is -0.139. The maximum Gasteiger partial charge on any atom is 0.243 e. The Balaban J connectivity index is 4.95. The molecule has 0 aromatic heterocycles. The van der Waals surface area contributed by atoms with Crippen LogP contribution in [0.2, 0.25) is 0 Å². The van der Waals surface area contributed by atoms with Gasteiger partial charge in [-0.1, -0.05) is 20.8 Å². The van der Waals surface area contributed by atoms with Crippen LogP contribution in [0.1, 0.15) is 40.0 Å². The molecule has 17 heavy (non-hydrogen) atoms. The molecule has 0 saturated heterocycles. The Morgan fingerprint density at radius 3 is 2.24 bits per heavy atom. The van der Waals surface area contributed by atoms with E-state index in [1.807, 2.05) is 27.2 Å². The van der Waals surface area contributed by atoms with E-state index in [0.29, 0.717) is 12.8 Å². The van der Waals surface area contributed by atoms with E-state index >= 15 is 0 Å². The fourth-order valence-electron chi connectivity index (χ4n) is 1.96. The first-order chi connectivity index (χ1) is 8.02. The average Bonchev–Trinajstić information content (AvgIpc) is 2.37. The molecule has 0 aliphatic carbocycles. The average molecular weight is 256 g/mol. The van der Waals surface area contributed by atoms with Gasteiger partial charge in [-0.15, -0.1) is 0 Å². The predicted octanol–water partition coefficient (Wildman–Crippen LogP) is 2.92. The minimum Gasteiger partial charge on any atom is -0.341 e. The molecular weight excluding hydrogens is 232 g/mol. The molecule has 0 aromatic rings. The zero-order valence-corrected chi connectivity index (χ0v) is 12.4. The Kier molecular flexibility index (Phi) is 7.29. The standard InChI is InChI=1S/C13H24N2OS/c1-6-11(9-17-5)15(4)12(16)13(7-2,8-3)10-14/h11H,6-9H2,1-5H3. The first-order valence-corrected chi connectivity index (χ1v) is 7.59. The third-order valence-electron chi connectivity index (χ3n) is 3.53. The van der Waals surface area contributed by atoms with Crippen molar-refractivity contribution in [1.29, 1.82) is 5.26 Å². The number of nitrogens with zero attached hydrogens (tertiary/aromatic N) is 2. The summed E-state index contributed by atoms with van der Waals surface area (Å²) in [4.78, 5) is 14.2. The van der Waals surface area contributed by atoms with E-state index in [1.165, 1.54) is 0 Å². The number of thioether (sulfide) groups is 1. The van der Waals surface area contributed by atoms with Gasteiger partial charge in [0.2, 0.25) is 5.91 Å². The van der Waals surface area contributed by atoms with Crippen molar-refractivity contribution >= 4 is 17.7 Å². The lowest BCUT2D eigenvalue weighted by Gasteiger charge is -2.33. The monoisotopic (exact) mass is 256 g/mol. The number of hydrogen-bond donors (Lipinski definition) is 0. The van der Waals surface area contributed by atoms with Crippen LogP contribution in [0.25, 0.3) is 0 Å². The molecular formula is C13H24N2OS. The van der Waals surface area contributed by atoms with Crippen molar-refractivity contribution in [3.05, 3.63) is 0 Å². The molecule has 0 aromatic carbocycles. The molecule has 0 fully saturated rings. The van der Waals surface area contributed by atoms with Gasteiger partial charge in [0, 0.05) is 18.8 Å². The van der Waals surface area contributed by atoms with E-state index in [9.17, 15) is 10.1 Å². The van der Waals surface area contributed by atoms with E-state index in [0.717, 1.165) is 12.2 Å². The van der Waals surface area contributed by atoms with Crippen LogP contribution in [0.3, 0.4) is 0 Å². The fourth-order valence-corrected chi connectivity index (χ4v) is 2.80. The van der Waals surface area contributed by atoms with Gasteiger partial charge in [-0.05, 0) is 25.5 Å². The summed E-state index contributed by atoms with van der Waals surface area (Å²) >= 11 is 1.74. The molecule has 0 spiro atoms. The minimum atomic E-state index is -0.833. The first-order valence-electron chi connectivity index (χ1n) is 6.20. The SMILES string of the molecule is CCC(CSC)N(C)C(=O)C(C#N)(CC)CC. The van der Waals surface area contributed by atoms with Gasteiger partial charge in [-0.3, -0.25) is 4.79 Å².